The van der Waals surface area contributed by atoms with Crippen LogP contribution >= 0.6 is 0 Å². The van der Waals surface area contributed by atoms with Gasteiger partial charge in [-0.25, -0.2) is 4.39 Å². The highest BCUT2D eigenvalue weighted by atomic mass is 28.4. The zero-order chi connectivity index (χ0) is 14.7. The van der Waals surface area contributed by atoms with Crippen LogP contribution in [-0.2, 0) is 4.43 Å². The van der Waals surface area contributed by atoms with E-state index >= 15 is 0 Å². The summed E-state index contributed by atoms with van der Waals surface area (Å²) in [5, 5.41) is 0.226. The van der Waals surface area contributed by atoms with E-state index in [9.17, 15) is 4.39 Å². The second-order valence-electron chi connectivity index (χ2n) is 6.47. The molecule has 0 bridgehead atoms. The Bertz CT molecular complexity index is 429. The van der Waals surface area contributed by atoms with E-state index in [0.29, 0.717) is 6.61 Å². The summed E-state index contributed by atoms with van der Waals surface area (Å²) in [7, 11) is -1.68. The van der Waals surface area contributed by atoms with Gasteiger partial charge in [-0.1, -0.05) is 39.5 Å². The molecular weight excluding hydrogens is 255 g/mol. The Hall–Kier alpha value is -0.933. The highest BCUT2D eigenvalue weighted by Gasteiger charge is 2.36. The normalized spacial score (nSPS) is 12.5. The Balaban J connectivity index is 2.50. The molecule has 1 rings (SSSR count). The molecule has 0 atom stereocenters. The van der Waals surface area contributed by atoms with Gasteiger partial charge >= 0.3 is 0 Å². The zero-order valence-electron chi connectivity index (χ0n) is 12.7. The summed E-state index contributed by atoms with van der Waals surface area (Å²) in [6, 6.07) is 6.47. The van der Waals surface area contributed by atoms with Crippen molar-refractivity contribution in [3.05, 3.63) is 42.2 Å². The third-order valence-electron chi connectivity index (χ3n) is 3.93. The molecule has 0 aliphatic rings. The molecule has 0 saturated carbocycles. The van der Waals surface area contributed by atoms with Crippen LogP contribution in [0.4, 0.5) is 4.39 Å². The minimum atomic E-state index is -1.68. The molecule has 0 fully saturated rings. The smallest absolute Gasteiger partial charge is 0.191 e. The van der Waals surface area contributed by atoms with Gasteiger partial charge in [0.15, 0.2) is 8.32 Å². The van der Waals surface area contributed by atoms with E-state index < -0.39 is 8.32 Å². The van der Waals surface area contributed by atoms with Crippen LogP contribution in [0, 0.1) is 5.82 Å². The molecule has 1 aromatic rings. The van der Waals surface area contributed by atoms with E-state index in [1.807, 2.05) is 0 Å². The van der Waals surface area contributed by atoms with E-state index in [1.54, 1.807) is 12.1 Å². The fourth-order valence-corrected chi connectivity index (χ4v) is 2.52. The molecule has 3 heteroatoms. The van der Waals surface area contributed by atoms with Crippen molar-refractivity contribution in [1.29, 1.82) is 0 Å². The van der Waals surface area contributed by atoms with Gasteiger partial charge in [-0.2, -0.15) is 0 Å². The summed E-state index contributed by atoms with van der Waals surface area (Å²) in [6.45, 7) is 15.9. The van der Waals surface area contributed by atoms with Gasteiger partial charge < -0.3 is 4.43 Å². The fraction of sp³-hybridized carbons (Fsp3) is 0.500. The number of benzene rings is 1. The first-order valence-corrected chi connectivity index (χ1v) is 9.62. The molecule has 0 heterocycles. The average molecular weight is 280 g/mol. The molecule has 106 valence electrons. The lowest BCUT2D eigenvalue weighted by Gasteiger charge is -2.36. The molecule has 0 radical (unpaired) electrons. The van der Waals surface area contributed by atoms with Gasteiger partial charge in [-0.05, 0) is 47.8 Å². The van der Waals surface area contributed by atoms with Crippen LogP contribution < -0.4 is 0 Å². The maximum Gasteiger partial charge on any atom is 0.191 e. The Morgan fingerprint density at radius 1 is 1.21 bits per heavy atom. The third kappa shape index (κ3) is 4.59. The fourth-order valence-electron chi connectivity index (χ4n) is 1.48. The lowest BCUT2D eigenvalue weighted by atomic mass is 10.1. The number of rotatable bonds is 5. The summed E-state index contributed by atoms with van der Waals surface area (Å²) in [6.07, 6.45) is 0.790. The quantitative estimate of drug-likeness (QED) is 0.669. The summed E-state index contributed by atoms with van der Waals surface area (Å²) >= 11 is 0. The van der Waals surface area contributed by atoms with Crippen LogP contribution in [0.15, 0.2) is 30.8 Å². The minimum Gasteiger partial charge on any atom is -0.416 e. The second-order valence-corrected chi connectivity index (χ2v) is 11.3. The maximum absolute atomic E-state index is 12.8. The predicted octanol–water partition coefficient (Wildman–Crippen LogP) is 5.25. The molecular formula is C16H25FOSi. The Labute approximate surface area is 117 Å². The van der Waals surface area contributed by atoms with E-state index in [1.165, 1.54) is 12.1 Å². The summed E-state index contributed by atoms with van der Waals surface area (Å²) < 4.78 is 19.0. The van der Waals surface area contributed by atoms with Crippen molar-refractivity contribution in [2.45, 2.75) is 45.3 Å². The highest BCUT2D eigenvalue weighted by molar-refractivity contribution is 6.74. The van der Waals surface area contributed by atoms with Gasteiger partial charge in [-0.3, -0.25) is 0 Å². The molecule has 19 heavy (non-hydrogen) atoms. The average Bonchev–Trinajstić information content (AvgIpc) is 2.28. The molecule has 0 aliphatic carbocycles. The molecule has 0 amide bonds. The van der Waals surface area contributed by atoms with Crippen molar-refractivity contribution in [3.8, 4) is 0 Å². The first-order valence-electron chi connectivity index (χ1n) is 6.71. The topological polar surface area (TPSA) is 9.23 Å². The van der Waals surface area contributed by atoms with Crippen LogP contribution in [0.25, 0.3) is 5.57 Å². The Morgan fingerprint density at radius 2 is 1.74 bits per heavy atom. The Kier molecular flexibility index (Phi) is 5.10. The molecule has 1 aromatic carbocycles. The molecule has 0 unspecified atom stereocenters. The standard InChI is InChI=1S/C16H25FOSi/c1-13(14-7-9-15(17)10-8-14)11-12-18-19(5,6)16(2,3)4/h7-10H,1,11-12H2,2-6H3. The minimum absolute atomic E-state index is 0.214. The van der Waals surface area contributed by atoms with E-state index in [2.05, 4.69) is 40.4 Å². The largest absolute Gasteiger partial charge is 0.416 e. The summed E-state index contributed by atoms with van der Waals surface area (Å²) in [5.74, 6) is -0.214. The van der Waals surface area contributed by atoms with Crippen molar-refractivity contribution in [3.63, 3.8) is 0 Å². The van der Waals surface area contributed by atoms with Crippen molar-refractivity contribution in [1.82, 2.24) is 0 Å². The van der Waals surface area contributed by atoms with Crippen molar-refractivity contribution < 1.29 is 8.82 Å². The van der Waals surface area contributed by atoms with E-state index in [0.717, 1.165) is 17.6 Å². The van der Waals surface area contributed by atoms with Gasteiger partial charge in [0.25, 0.3) is 0 Å². The second kappa shape index (κ2) is 6.01. The van der Waals surface area contributed by atoms with Crippen molar-refractivity contribution >= 4 is 13.9 Å². The van der Waals surface area contributed by atoms with Gasteiger partial charge in [0.1, 0.15) is 5.82 Å². The van der Waals surface area contributed by atoms with Crippen LogP contribution in [0.5, 0.6) is 0 Å². The summed E-state index contributed by atoms with van der Waals surface area (Å²) in [5.41, 5.74) is 1.99. The van der Waals surface area contributed by atoms with Gasteiger partial charge in [0.05, 0.1) is 0 Å². The van der Waals surface area contributed by atoms with Crippen LogP contribution in [0.1, 0.15) is 32.8 Å². The third-order valence-corrected chi connectivity index (χ3v) is 8.46. The Morgan fingerprint density at radius 3 is 2.21 bits per heavy atom. The van der Waals surface area contributed by atoms with Crippen molar-refractivity contribution in [2.75, 3.05) is 6.61 Å². The first kappa shape index (κ1) is 16.1. The highest BCUT2D eigenvalue weighted by Crippen LogP contribution is 2.36. The zero-order valence-corrected chi connectivity index (χ0v) is 13.7. The maximum atomic E-state index is 12.8. The van der Waals surface area contributed by atoms with Gasteiger partial charge in [-0.15, -0.1) is 0 Å². The summed E-state index contributed by atoms with van der Waals surface area (Å²) in [4.78, 5) is 0. The molecule has 0 spiro atoms. The van der Waals surface area contributed by atoms with Crippen LogP contribution in [0.3, 0.4) is 0 Å². The number of halogens is 1. The predicted molar refractivity (Wildman–Crippen MR) is 83.2 cm³/mol. The molecule has 0 saturated heterocycles. The first-order chi connectivity index (χ1) is 8.63. The van der Waals surface area contributed by atoms with Crippen LogP contribution in [0.2, 0.25) is 18.1 Å². The van der Waals surface area contributed by atoms with Crippen LogP contribution in [-0.4, -0.2) is 14.9 Å². The van der Waals surface area contributed by atoms with E-state index in [4.69, 9.17) is 4.43 Å². The number of hydrogen-bond donors (Lipinski definition) is 0. The molecule has 0 N–H and O–H groups in total. The lowest BCUT2D eigenvalue weighted by Crippen LogP contribution is -2.40. The molecule has 0 aliphatic heterocycles. The molecule has 1 nitrogen and oxygen atoms in total. The monoisotopic (exact) mass is 280 g/mol. The van der Waals surface area contributed by atoms with E-state index in [-0.39, 0.29) is 10.9 Å². The lowest BCUT2D eigenvalue weighted by molar-refractivity contribution is 0.296. The van der Waals surface area contributed by atoms with Gasteiger partial charge in [0.2, 0.25) is 0 Å². The van der Waals surface area contributed by atoms with Gasteiger partial charge in [0, 0.05) is 6.61 Å². The number of hydrogen-bond acceptors (Lipinski definition) is 1. The molecule has 0 aromatic heterocycles. The van der Waals surface area contributed by atoms with Crippen molar-refractivity contribution in [2.24, 2.45) is 0 Å². The SMILES string of the molecule is C=C(CCO[Si](C)(C)C(C)(C)C)c1ccc(F)cc1.